The molecule has 0 bridgehead atoms. The third-order valence-corrected chi connectivity index (χ3v) is 4.88. The van der Waals surface area contributed by atoms with Gasteiger partial charge in [0.25, 0.3) is 0 Å². The monoisotopic (exact) mass is 389 g/mol. The van der Waals surface area contributed by atoms with E-state index in [0.717, 1.165) is 30.4 Å². The van der Waals surface area contributed by atoms with E-state index in [9.17, 15) is 9.59 Å². The predicted octanol–water partition coefficient (Wildman–Crippen LogP) is 4.54. The maximum absolute atomic E-state index is 12.5. The fourth-order valence-electron chi connectivity index (χ4n) is 3.31. The number of carbonyl (C=O) groups excluding carboxylic acids is 2. The van der Waals surface area contributed by atoms with Crippen molar-refractivity contribution < 1.29 is 19.1 Å². The number of nitrogens with two attached hydrogens (primary N) is 1. The van der Waals surface area contributed by atoms with E-state index in [-0.39, 0.29) is 24.6 Å². The van der Waals surface area contributed by atoms with Crippen molar-refractivity contribution in [3.8, 4) is 0 Å². The summed E-state index contributed by atoms with van der Waals surface area (Å²) in [6.45, 7) is 6.18. The van der Waals surface area contributed by atoms with E-state index in [0.29, 0.717) is 19.3 Å². The second-order valence-electron chi connectivity index (χ2n) is 7.48. The summed E-state index contributed by atoms with van der Waals surface area (Å²) in [7, 11) is 1.41. The molecule has 28 heavy (non-hydrogen) atoms. The quantitative estimate of drug-likeness (QED) is 0.322. The lowest BCUT2D eigenvalue weighted by Crippen LogP contribution is -2.32. The molecule has 0 spiro atoms. The van der Waals surface area contributed by atoms with E-state index in [1.165, 1.54) is 7.11 Å². The van der Waals surface area contributed by atoms with E-state index in [2.05, 4.69) is 6.92 Å². The number of rotatable bonds is 12. The Bertz CT molecular complexity index is 639. The summed E-state index contributed by atoms with van der Waals surface area (Å²) in [4.78, 5) is 24.5. The van der Waals surface area contributed by atoms with Crippen LogP contribution in [0.5, 0.6) is 0 Å². The normalized spacial score (nSPS) is 14.8. The van der Waals surface area contributed by atoms with Gasteiger partial charge in [-0.2, -0.15) is 0 Å². The Labute approximate surface area is 169 Å². The molecule has 5 heteroatoms. The Morgan fingerprint density at radius 3 is 2.43 bits per heavy atom. The number of hydrogen-bond acceptors (Lipinski definition) is 5. The molecule has 0 aliphatic carbocycles. The fraction of sp³-hybridized carbons (Fsp3) is 0.565. The van der Waals surface area contributed by atoms with Crippen LogP contribution in [-0.2, 0) is 25.7 Å². The first-order valence-corrected chi connectivity index (χ1v) is 10.1. The second kappa shape index (κ2) is 12.3. The summed E-state index contributed by atoms with van der Waals surface area (Å²) in [5.41, 5.74) is 7.22. The van der Waals surface area contributed by atoms with Crippen LogP contribution in [0.25, 0.3) is 0 Å². The van der Waals surface area contributed by atoms with Gasteiger partial charge in [-0.1, -0.05) is 61.7 Å². The van der Waals surface area contributed by atoms with Crippen LogP contribution in [0.2, 0.25) is 0 Å². The lowest BCUT2D eigenvalue weighted by molar-refractivity contribution is -0.150. The van der Waals surface area contributed by atoms with Gasteiger partial charge in [-0.3, -0.25) is 9.59 Å². The summed E-state index contributed by atoms with van der Waals surface area (Å²) in [6, 6.07) is 9.49. The average molecular weight is 390 g/mol. The minimum atomic E-state index is -0.716. The van der Waals surface area contributed by atoms with Gasteiger partial charge in [-0.25, -0.2) is 0 Å². The lowest BCUT2D eigenvalue weighted by atomic mass is 9.75. The third-order valence-electron chi connectivity index (χ3n) is 4.88. The van der Waals surface area contributed by atoms with Crippen molar-refractivity contribution >= 4 is 11.9 Å². The Morgan fingerprint density at radius 1 is 1.18 bits per heavy atom. The van der Waals surface area contributed by atoms with E-state index >= 15 is 0 Å². The van der Waals surface area contributed by atoms with Gasteiger partial charge >= 0.3 is 11.9 Å². The van der Waals surface area contributed by atoms with Crippen molar-refractivity contribution in [2.75, 3.05) is 7.11 Å². The SMILES string of the molecule is CCC/C(=C\C(C)N)C(C)(CCCCC(=O)OCc1ccccc1)C(=O)OC. The molecule has 0 amide bonds. The highest BCUT2D eigenvalue weighted by molar-refractivity contribution is 5.80. The zero-order chi connectivity index (χ0) is 21.0. The molecule has 1 aromatic carbocycles. The standard InChI is InChI=1S/C23H35NO4/c1-5-11-20(16-18(2)24)23(3,22(26)27-4)15-10-9-14-21(25)28-17-19-12-7-6-8-13-19/h6-8,12-13,16,18H,5,9-11,14-15,17,24H2,1-4H3/b20-16+. The molecule has 0 radical (unpaired) electrons. The smallest absolute Gasteiger partial charge is 0.315 e. The van der Waals surface area contributed by atoms with Crippen LogP contribution in [0.15, 0.2) is 42.0 Å². The molecule has 1 aromatic rings. The first-order chi connectivity index (χ1) is 13.3. The summed E-state index contributed by atoms with van der Waals surface area (Å²) < 4.78 is 10.4. The van der Waals surface area contributed by atoms with Gasteiger partial charge in [0.1, 0.15) is 6.61 Å². The van der Waals surface area contributed by atoms with E-state index in [4.69, 9.17) is 15.2 Å². The Morgan fingerprint density at radius 2 is 1.86 bits per heavy atom. The van der Waals surface area contributed by atoms with Crippen LogP contribution in [0.1, 0.15) is 64.9 Å². The Balaban J connectivity index is 2.58. The number of ether oxygens (including phenoxy) is 2. The highest BCUT2D eigenvalue weighted by Crippen LogP contribution is 2.37. The Hall–Kier alpha value is -2.14. The van der Waals surface area contributed by atoms with Gasteiger partial charge < -0.3 is 15.2 Å². The lowest BCUT2D eigenvalue weighted by Gasteiger charge is -2.30. The third kappa shape index (κ3) is 7.85. The molecule has 2 atom stereocenters. The topological polar surface area (TPSA) is 78.6 Å². The predicted molar refractivity (Wildman–Crippen MR) is 111 cm³/mol. The molecule has 0 saturated carbocycles. The van der Waals surface area contributed by atoms with Gasteiger partial charge in [0.05, 0.1) is 12.5 Å². The zero-order valence-electron chi connectivity index (χ0n) is 17.7. The molecule has 0 fully saturated rings. The highest BCUT2D eigenvalue weighted by atomic mass is 16.5. The number of unbranched alkanes of at least 4 members (excludes halogenated alkanes) is 1. The molecule has 2 unspecified atom stereocenters. The van der Waals surface area contributed by atoms with Crippen LogP contribution in [0.4, 0.5) is 0 Å². The van der Waals surface area contributed by atoms with Gasteiger partial charge in [-0.15, -0.1) is 0 Å². The molecular formula is C23H35NO4. The molecule has 156 valence electrons. The van der Waals surface area contributed by atoms with Gasteiger partial charge in [0.2, 0.25) is 0 Å². The van der Waals surface area contributed by atoms with Crippen molar-refractivity contribution in [2.45, 2.75) is 71.9 Å². The van der Waals surface area contributed by atoms with Gasteiger partial charge in [0.15, 0.2) is 0 Å². The van der Waals surface area contributed by atoms with Crippen LogP contribution in [0.3, 0.4) is 0 Å². The maximum atomic E-state index is 12.5. The number of methoxy groups -OCH3 is 1. The van der Waals surface area contributed by atoms with Crippen LogP contribution in [-0.4, -0.2) is 25.1 Å². The number of carbonyl (C=O) groups is 2. The molecule has 0 saturated heterocycles. The van der Waals surface area contributed by atoms with Crippen molar-refractivity contribution in [3.63, 3.8) is 0 Å². The zero-order valence-corrected chi connectivity index (χ0v) is 17.7. The summed E-state index contributed by atoms with van der Waals surface area (Å²) in [6.07, 6.45) is 6.04. The number of hydrogen-bond donors (Lipinski definition) is 1. The van der Waals surface area contributed by atoms with Crippen molar-refractivity contribution in [3.05, 3.63) is 47.5 Å². The van der Waals surface area contributed by atoms with E-state index in [1.54, 1.807) is 0 Å². The average Bonchev–Trinajstić information content (AvgIpc) is 2.69. The first kappa shape index (κ1) is 23.9. The summed E-state index contributed by atoms with van der Waals surface area (Å²) >= 11 is 0. The second-order valence-corrected chi connectivity index (χ2v) is 7.48. The largest absolute Gasteiger partial charge is 0.468 e. The van der Waals surface area contributed by atoms with E-state index < -0.39 is 5.41 Å². The minimum absolute atomic E-state index is 0.126. The highest BCUT2D eigenvalue weighted by Gasteiger charge is 2.37. The molecular weight excluding hydrogens is 354 g/mol. The van der Waals surface area contributed by atoms with Crippen LogP contribution in [0, 0.1) is 5.41 Å². The molecule has 0 aliphatic rings. The van der Waals surface area contributed by atoms with Crippen molar-refractivity contribution in [1.82, 2.24) is 0 Å². The minimum Gasteiger partial charge on any atom is -0.468 e. The molecule has 0 aromatic heterocycles. The number of benzene rings is 1. The maximum Gasteiger partial charge on any atom is 0.315 e. The fourth-order valence-corrected chi connectivity index (χ4v) is 3.31. The van der Waals surface area contributed by atoms with Crippen molar-refractivity contribution in [2.24, 2.45) is 11.1 Å². The van der Waals surface area contributed by atoms with Crippen molar-refractivity contribution in [1.29, 1.82) is 0 Å². The summed E-state index contributed by atoms with van der Waals surface area (Å²) in [5, 5.41) is 0. The summed E-state index contributed by atoms with van der Waals surface area (Å²) in [5.74, 6) is -0.469. The van der Waals surface area contributed by atoms with Gasteiger partial charge in [0, 0.05) is 12.5 Å². The molecule has 2 N–H and O–H groups in total. The van der Waals surface area contributed by atoms with Crippen LogP contribution < -0.4 is 5.73 Å². The van der Waals surface area contributed by atoms with Gasteiger partial charge in [-0.05, 0) is 38.7 Å². The van der Waals surface area contributed by atoms with Crippen LogP contribution >= 0.6 is 0 Å². The van der Waals surface area contributed by atoms with E-state index in [1.807, 2.05) is 50.3 Å². The first-order valence-electron chi connectivity index (χ1n) is 10.1. The molecule has 5 nitrogen and oxygen atoms in total. The molecule has 1 rings (SSSR count). The molecule has 0 aliphatic heterocycles. The number of esters is 2. The molecule has 0 heterocycles. The Kier molecular flexibility index (Phi) is 10.5.